The first-order valence-electron chi connectivity index (χ1n) is 6.48. The Labute approximate surface area is 131 Å². The lowest BCUT2D eigenvalue weighted by Crippen LogP contribution is -2.07. The second-order valence-corrected chi connectivity index (χ2v) is 7.47. The maximum atomic E-state index is 10.4. The Morgan fingerprint density at radius 2 is 0.909 bits per heavy atom. The quantitative estimate of drug-likeness (QED) is 0.404. The molecule has 0 rings (SSSR count). The van der Waals surface area contributed by atoms with Gasteiger partial charge < -0.3 is 20.4 Å². The van der Waals surface area contributed by atoms with Crippen LogP contribution in [0.15, 0.2) is 0 Å². The van der Waals surface area contributed by atoms with Crippen LogP contribution in [0.25, 0.3) is 0 Å². The molecule has 0 fully saturated rings. The van der Waals surface area contributed by atoms with Crippen LogP contribution >= 0.6 is 17.2 Å². The van der Waals surface area contributed by atoms with Crippen molar-refractivity contribution in [3.05, 3.63) is 0 Å². The van der Waals surface area contributed by atoms with Gasteiger partial charge in [0.25, 0.3) is 0 Å². The summed E-state index contributed by atoms with van der Waals surface area (Å²) in [6, 6.07) is 0. The van der Waals surface area contributed by atoms with Crippen LogP contribution in [0.2, 0.25) is 0 Å². The van der Waals surface area contributed by atoms with Crippen molar-refractivity contribution in [2.24, 2.45) is 0 Å². The minimum atomic E-state index is -0.932. The van der Waals surface area contributed by atoms with E-state index in [0.29, 0.717) is 24.6 Å². The number of carboxylic acids is 4. The van der Waals surface area contributed by atoms with Crippen LogP contribution in [0.1, 0.15) is 25.7 Å². The Balaban J connectivity index is 0. The highest BCUT2D eigenvalue weighted by molar-refractivity contribution is 7.57. The van der Waals surface area contributed by atoms with E-state index in [0.717, 1.165) is 0 Å². The predicted octanol–water partition coefficient (Wildman–Crippen LogP) is 1.23. The van der Waals surface area contributed by atoms with Gasteiger partial charge in [-0.2, -0.15) is 0 Å². The summed E-state index contributed by atoms with van der Waals surface area (Å²) in [7, 11) is 1.54. The maximum Gasteiger partial charge on any atom is 0.303 e. The average Bonchev–Trinajstić information content (AvgIpc) is 2.37. The zero-order valence-electron chi connectivity index (χ0n) is 12.1. The minimum absolute atomic E-state index is 0.0229. The summed E-state index contributed by atoms with van der Waals surface area (Å²) in [5.74, 6) is -3.53. The summed E-state index contributed by atoms with van der Waals surface area (Å²) in [6.45, 7) is 0. The molecule has 0 aliphatic heterocycles. The Morgan fingerprint density at radius 1 is 0.636 bits per heavy atom. The molecule has 1 atom stereocenters. The molecule has 0 aliphatic carbocycles. The smallest absolute Gasteiger partial charge is 0.303 e. The van der Waals surface area contributed by atoms with Gasteiger partial charge in [-0.1, -0.05) is 0 Å². The Kier molecular flexibility index (Phi) is 15.3. The molecule has 0 aromatic carbocycles. The Morgan fingerprint density at radius 3 is 1.05 bits per heavy atom. The number of hydrogen-bond donors (Lipinski definition) is 4. The first-order chi connectivity index (χ1) is 10.2. The van der Waals surface area contributed by atoms with Crippen molar-refractivity contribution in [3.8, 4) is 0 Å². The lowest BCUT2D eigenvalue weighted by Gasteiger charge is -2.14. The normalized spacial score (nSPS) is 9.73. The zero-order chi connectivity index (χ0) is 17.5. The third-order valence-corrected chi connectivity index (χ3v) is 5.14. The highest BCUT2D eigenvalue weighted by atomic mass is 31.1. The topological polar surface area (TPSA) is 149 Å². The molecule has 22 heavy (non-hydrogen) atoms. The molecule has 0 aliphatic rings. The molecule has 0 radical (unpaired) electrons. The van der Waals surface area contributed by atoms with Crippen LogP contribution in [0.3, 0.4) is 0 Å². The molecule has 0 aromatic rings. The van der Waals surface area contributed by atoms with E-state index in [9.17, 15) is 19.2 Å². The van der Waals surface area contributed by atoms with E-state index in [1.807, 2.05) is 0 Å². The Hall–Kier alpha value is -1.26. The molecule has 0 amide bonds. The minimum Gasteiger partial charge on any atom is -0.481 e. The third-order valence-electron chi connectivity index (χ3n) is 2.28. The van der Waals surface area contributed by atoms with Gasteiger partial charge in [0.1, 0.15) is 0 Å². The lowest BCUT2D eigenvalue weighted by molar-refractivity contribution is -0.137. The molecular weight excluding hydrogens is 334 g/mol. The molecule has 8 nitrogen and oxygen atoms in total. The number of carboxylic acid groups (broad SMARTS) is 4. The summed E-state index contributed by atoms with van der Waals surface area (Å²) >= 11 is 0. The van der Waals surface area contributed by atoms with Crippen LogP contribution in [0.4, 0.5) is 0 Å². The second-order valence-electron chi connectivity index (χ2n) is 4.21. The molecule has 128 valence electrons. The summed E-state index contributed by atoms with van der Waals surface area (Å²) < 4.78 is 0. The van der Waals surface area contributed by atoms with Gasteiger partial charge in [-0.25, -0.2) is 0 Å². The van der Waals surface area contributed by atoms with E-state index in [4.69, 9.17) is 20.4 Å². The van der Waals surface area contributed by atoms with Gasteiger partial charge in [-0.05, 0) is 24.6 Å². The van der Waals surface area contributed by atoms with Crippen molar-refractivity contribution < 1.29 is 39.6 Å². The highest BCUT2D eigenvalue weighted by Gasteiger charge is 2.13. The molecule has 0 heterocycles. The molecule has 4 N–H and O–H groups in total. The van der Waals surface area contributed by atoms with Crippen LogP contribution in [0.5, 0.6) is 0 Å². The molecule has 1 unspecified atom stereocenters. The van der Waals surface area contributed by atoms with Crippen molar-refractivity contribution in [2.45, 2.75) is 25.7 Å². The number of aliphatic carboxylic acids is 4. The van der Waals surface area contributed by atoms with Gasteiger partial charge >= 0.3 is 23.9 Å². The summed E-state index contributed by atoms with van der Waals surface area (Å²) in [5, 5.41) is 33.4. The molecule has 0 spiro atoms. The van der Waals surface area contributed by atoms with Gasteiger partial charge in [0.05, 0.1) is 0 Å². The van der Waals surface area contributed by atoms with E-state index in [-0.39, 0.29) is 25.7 Å². The van der Waals surface area contributed by atoms with E-state index in [1.165, 1.54) is 0 Å². The molecule has 0 aromatic heterocycles. The molecule has 0 bridgehead atoms. The molecule has 0 saturated heterocycles. The fourth-order valence-electron chi connectivity index (χ4n) is 1.22. The largest absolute Gasteiger partial charge is 0.481 e. The monoisotopic (exact) mass is 356 g/mol. The van der Waals surface area contributed by atoms with E-state index in [2.05, 4.69) is 9.24 Å². The van der Waals surface area contributed by atoms with Gasteiger partial charge in [0, 0.05) is 25.7 Å². The van der Waals surface area contributed by atoms with Crippen molar-refractivity contribution >= 4 is 41.0 Å². The van der Waals surface area contributed by atoms with Crippen molar-refractivity contribution in [3.63, 3.8) is 0 Å². The zero-order valence-corrected chi connectivity index (χ0v) is 14.2. The SMILES string of the molecule is O=C(O)CCP.O=C(O)CCP(CCC(=O)O)CCC(=O)O. The highest BCUT2D eigenvalue weighted by Crippen LogP contribution is 2.37. The van der Waals surface area contributed by atoms with E-state index < -0.39 is 31.8 Å². The molecule has 0 saturated carbocycles. The van der Waals surface area contributed by atoms with Crippen LogP contribution in [0, 0.1) is 0 Å². The number of carbonyl (C=O) groups is 4. The summed E-state index contributed by atoms with van der Waals surface area (Å²) in [6.07, 6.45) is 2.02. The molecular formula is C12H22O8P2. The van der Waals surface area contributed by atoms with Gasteiger partial charge in [-0.15, -0.1) is 17.2 Å². The van der Waals surface area contributed by atoms with Crippen molar-refractivity contribution in [2.75, 3.05) is 24.6 Å². The first-order valence-corrected chi connectivity index (χ1v) is 9.20. The van der Waals surface area contributed by atoms with Crippen LogP contribution in [-0.2, 0) is 19.2 Å². The Bertz CT molecular complexity index is 329. The lowest BCUT2D eigenvalue weighted by atomic mass is 10.5. The van der Waals surface area contributed by atoms with Gasteiger partial charge in [-0.3, -0.25) is 19.2 Å². The van der Waals surface area contributed by atoms with E-state index in [1.54, 1.807) is 0 Å². The third kappa shape index (κ3) is 21.0. The maximum absolute atomic E-state index is 10.4. The average molecular weight is 356 g/mol. The van der Waals surface area contributed by atoms with Gasteiger partial charge in [0.15, 0.2) is 0 Å². The molecule has 10 heteroatoms. The summed E-state index contributed by atoms with van der Waals surface area (Å²) in [4.78, 5) is 40.7. The fourth-order valence-corrected chi connectivity index (χ4v) is 3.66. The predicted molar refractivity (Wildman–Crippen MR) is 85.1 cm³/mol. The first kappa shape index (κ1) is 23.0. The van der Waals surface area contributed by atoms with Crippen LogP contribution in [-0.4, -0.2) is 69.0 Å². The second kappa shape index (κ2) is 14.7. The van der Waals surface area contributed by atoms with Gasteiger partial charge in [0.2, 0.25) is 0 Å². The van der Waals surface area contributed by atoms with Crippen LogP contribution < -0.4 is 0 Å². The summed E-state index contributed by atoms with van der Waals surface area (Å²) in [5.41, 5.74) is 0. The number of hydrogen-bond acceptors (Lipinski definition) is 4. The fraction of sp³-hybridized carbons (Fsp3) is 0.667. The standard InChI is InChI=1S/C9H15O6P.C3H7O2P/c10-7(11)1-4-16(5-2-8(12)13)6-3-9(14)15;4-3(5)1-2-6/h1-6H2,(H,10,11)(H,12,13)(H,14,15);1-2,6H2,(H,4,5). The number of rotatable bonds is 11. The van der Waals surface area contributed by atoms with E-state index >= 15 is 0 Å². The van der Waals surface area contributed by atoms with Crippen molar-refractivity contribution in [1.82, 2.24) is 0 Å². The van der Waals surface area contributed by atoms with Crippen molar-refractivity contribution in [1.29, 1.82) is 0 Å².